The molecule has 4 nitrogen and oxygen atoms in total. The Kier molecular flexibility index (Phi) is 4.12. The predicted octanol–water partition coefficient (Wildman–Crippen LogP) is 1.65. The smallest absolute Gasteiger partial charge is 0.181 e. The average Bonchev–Trinajstić information content (AvgIpc) is 2.81. The summed E-state index contributed by atoms with van der Waals surface area (Å²) in [6, 6.07) is 6.19. The lowest BCUT2D eigenvalue weighted by molar-refractivity contribution is 0.335. The van der Waals surface area contributed by atoms with Crippen molar-refractivity contribution in [3.05, 3.63) is 30.2 Å². The van der Waals surface area contributed by atoms with E-state index in [-0.39, 0.29) is 0 Å². The second kappa shape index (κ2) is 5.80. The van der Waals surface area contributed by atoms with Crippen LogP contribution in [-0.4, -0.2) is 36.6 Å². The summed E-state index contributed by atoms with van der Waals surface area (Å²) in [7, 11) is 2.13. The molecule has 0 amide bonds. The monoisotopic (exact) mass is 233 g/mol. The first-order chi connectivity index (χ1) is 8.29. The van der Waals surface area contributed by atoms with E-state index in [1.165, 1.54) is 12.0 Å². The molecule has 1 aromatic carbocycles. The van der Waals surface area contributed by atoms with Gasteiger partial charge in [0.2, 0.25) is 0 Å². The highest BCUT2D eigenvalue weighted by molar-refractivity contribution is 5.72. The van der Waals surface area contributed by atoms with E-state index in [0.717, 1.165) is 43.6 Å². The van der Waals surface area contributed by atoms with Gasteiger partial charge in [-0.1, -0.05) is 6.07 Å². The van der Waals surface area contributed by atoms with Gasteiger partial charge >= 0.3 is 0 Å². The van der Waals surface area contributed by atoms with Gasteiger partial charge in [-0.05, 0) is 50.7 Å². The van der Waals surface area contributed by atoms with Crippen LogP contribution in [0, 0.1) is 0 Å². The molecule has 0 unspecified atom stereocenters. The molecule has 92 valence electrons. The van der Waals surface area contributed by atoms with Crippen molar-refractivity contribution in [3.8, 4) is 0 Å². The van der Waals surface area contributed by atoms with Gasteiger partial charge in [0.05, 0.1) is 0 Å². The summed E-state index contributed by atoms with van der Waals surface area (Å²) < 4.78 is 5.29. The third-order valence-corrected chi connectivity index (χ3v) is 2.92. The zero-order valence-electron chi connectivity index (χ0n) is 10.2. The van der Waals surface area contributed by atoms with Crippen LogP contribution in [0.5, 0.6) is 0 Å². The first-order valence-corrected chi connectivity index (χ1v) is 6.00. The quantitative estimate of drug-likeness (QED) is 0.824. The minimum absolute atomic E-state index is 0.758. The molecule has 2 aromatic rings. The Labute approximate surface area is 101 Å². The fraction of sp³-hybridized carbons (Fsp3) is 0.462. The van der Waals surface area contributed by atoms with Crippen LogP contribution in [0.4, 0.5) is 0 Å². The van der Waals surface area contributed by atoms with Gasteiger partial charge in [-0.25, -0.2) is 4.98 Å². The number of aromatic nitrogens is 1. The maximum absolute atomic E-state index is 5.49. The lowest BCUT2D eigenvalue weighted by Crippen LogP contribution is -2.24. The number of hydrogen-bond acceptors (Lipinski definition) is 4. The van der Waals surface area contributed by atoms with Crippen LogP contribution in [0.15, 0.2) is 29.0 Å². The number of benzene rings is 1. The van der Waals surface area contributed by atoms with Gasteiger partial charge in [-0.15, -0.1) is 0 Å². The van der Waals surface area contributed by atoms with E-state index in [9.17, 15) is 0 Å². The summed E-state index contributed by atoms with van der Waals surface area (Å²) in [5, 5.41) is 0. The fourth-order valence-electron chi connectivity index (χ4n) is 1.85. The molecule has 0 spiro atoms. The van der Waals surface area contributed by atoms with Crippen LogP contribution in [0.25, 0.3) is 11.1 Å². The summed E-state index contributed by atoms with van der Waals surface area (Å²) in [4.78, 5) is 6.41. The second-order valence-electron chi connectivity index (χ2n) is 4.35. The highest BCUT2D eigenvalue weighted by Gasteiger charge is 2.02. The molecule has 17 heavy (non-hydrogen) atoms. The Morgan fingerprint density at radius 3 is 3.06 bits per heavy atom. The van der Waals surface area contributed by atoms with Crippen molar-refractivity contribution >= 4 is 11.1 Å². The third kappa shape index (κ3) is 3.28. The Morgan fingerprint density at radius 1 is 1.35 bits per heavy atom. The van der Waals surface area contributed by atoms with Crippen LogP contribution >= 0.6 is 0 Å². The zero-order chi connectivity index (χ0) is 12.1. The molecular weight excluding hydrogens is 214 g/mol. The van der Waals surface area contributed by atoms with E-state index in [1.54, 1.807) is 0 Å². The average molecular weight is 233 g/mol. The van der Waals surface area contributed by atoms with Crippen LogP contribution < -0.4 is 5.73 Å². The Balaban J connectivity index is 1.89. The van der Waals surface area contributed by atoms with Crippen LogP contribution in [0.3, 0.4) is 0 Å². The number of rotatable bonds is 6. The van der Waals surface area contributed by atoms with E-state index in [1.807, 2.05) is 6.07 Å². The Morgan fingerprint density at radius 2 is 2.24 bits per heavy atom. The topological polar surface area (TPSA) is 55.3 Å². The minimum Gasteiger partial charge on any atom is -0.443 e. The van der Waals surface area contributed by atoms with Gasteiger partial charge in [0.15, 0.2) is 12.0 Å². The van der Waals surface area contributed by atoms with Crippen LogP contribution in [-0.2, 0) is 6.42 Å². The number of likely N-dealkylation sites (N-methyl/N-ethyl adjacent to an activating group) is 1. The van der Waals surface area contributed by atoms with E-state index in [4.69, 9.17) is 10.2 Å². The van der Waals surface area contributed by atoms with Gasteiger partial charge in [0.1, 0.15) is 5.52 Å². The zero-order valence-corrected chi connectivity index (χ0v) is 10.2. The molecular formula is C13H19N3O. The summed E-state index contributed by atoms with van der Waals surface area (Å²) in [6.45, 7) is 2.86. The van der Waals surface area contributed by atoms with Crippen LogP contribution in [0.1, 0.15) is 12.0 Å². The normalized spacial score (nSPS) is 11.5. The molecule has 0 fully saturated rings. The first-order valence-electron chi connectivity index (χ1n) is 6.00. The molecule has 2 N–H and O–H groups in total. The summed E-state index contributed by atoms with van der Waals surface area (Å²) >= 11 is 0. The van der Waals surface area contributed by atoms with Crippen molar-refractivity contribution in [2.75, 3.05) is 26.7 Å². The summed E-state index contributed by atoms with van der Waals surface area (Å²) in [5.41, 5.74) is 8.56. The van der Waals surface area contributed by atoms with Crippen molar-refractivity contribution in [3.63, 3.8) is 0 Å². The lowest BCUT2D eigenvalue weighted by atomic mass is 10.1. The number of fused-ring (bicyclic) bond motifs is 1. The number of hydrogen-bond donors (Lipinski definition) is 1. The summed E-state index contributed by atoms with van der Waals surface area (Å²) in [6.07, 6.45) is 3.57. The molecule has 2 rings (SSSR count). The van der Waals surface area contributed by atoms with E-state index in [0.29, 0.717) is 0 Å². The maximum atomic E-state index is 5.49. The molecule has 0 atom stereocenters. The second-order valence-corrected chi connectivity index (χ2v) is 4.35. The highest BCUT2D eigenvalue weighted by Crippen LogP contribution is 2.14. The minimum atomic E-state index is 0.758. The number of nitrogens with zero attached hydrogens (tertiary/aromatic N) is 2. The van der Waals surface area contributed by atoms with Crippen molar-refractivity contribution in [2.24, 2.45) is 5.73 Å². The lowest BCUT2D eigenvalue weighted by Gasteiger charge is -2.15. The van der Waals surface area contributed by atoms with E-state index < -0.39 is 0 Å². The molecule has 0 bridgehead atoms. The van der Waals surface area contributed by atoms with Crippen molar-refractivity contribution in [2.45, 2.75) is 12.8 Å². The maximum Gasteiger partial charge on any atom is 0.181 e. The molecule has 4 heteroatoms. The van der Waals surface area contributed by atoms with E-state index >= 15 is 0 Å². The largest absolute Gasteiger partial charge is 0.443 e. The highest BCUT2D eigenvalue weighted by atomic mass is 16.3. The third-order valence-electron chi connectivity index (χ3n) is 2.92. The number of oxazole rings is 1. The van der Waals surface area contributed by atoms with Crippen molar-refractivity contribution < 1.29 is 4.42 Å². The molecule has 1 aromatic heterocycles. The van der Waals surface area contributed by atoms with Crippen molar-refractivity contribution in [1.82, 2.24) is 9.88 Å². The van der Waals surface area contributed by atoms with Crippen LogP contribution in [0.2, 0.25) is 0 Å². The Hall–Kier alpha value is -1.39. The fourth-order valence-corrected chi connectivity index (χ4v) is 1.85. The molecule has 1 heterocycles. The molecule has 0 aliphatic heterocycles. The van der Waals surface area contributed by atoms with Gasteiger partial charge < -0.3 is 15.1 Å². The van der Waals surface area contributed by atoms with Crippen molar-refractivity contribution in [1.29, 1.82) is 0 Å². The first kappa shape index (κ1) is 12.1. The molecule has 0 radical (unpaired) electrons. The standard InChI is InChI=1S/C13H19N3O/c1-16(7-2-6-14)8-5-11-3-4-12-13(9-11)17-10-15-12/h3-4,9-10H,2,5-8,14H2,1H3. The predicted molar refractivity (Wildman–Crippen MR) is 68.9 cm³/mol. The Bertz CT molecular complexity index is 466. The molecule has 0 saturated carbocycles. The van der Waals surface area contributed by atoms with Gasteiger partial charge in [0.25, 0.3) is 0 Å². The molecule has 0 aliphatic carbocycles. The van der Waals surface area contributed by atoms with Gasteiger partial charge in [-0.2, -0.15) is 0 Å². The SMILES string of the molecule is CN(CCCN)CCc1ccc2ncoc2c1. The summed E-state index contributed by atoms with van der Waals surface area (Å²) in [5.74, 6) is 0. The van der Waals surface area contributed by atoms with Gasteiger partial charge in [-0.3, -0.25) is 0 Å². The molecule has 0 aliphatic rings. The number of nitrogens with two attached hydrogens (primary N) is 1. The van der Waals surface area contributed by atoms with Gasteiger partial charge in [0, 0.05) is 6.54 Å². The van der Waals surface area contributed by atoms with E-state index in [2.05, 4.69) is 29.1 Å². The molecule has 0 saturated heterocycles.